The highest BCUT2D eigenvalue weighted by Crippen LogP contribution is 1.96. The van der Waals surface area contributed by atoms with Crippen LogP contribution in [0.5, 0.6) is 0 Å². The van der Waals surface area contributed by atoms with Crippen LogP contribution in [0.1, 0.15) is 0 Å². The van der Waals surface area contributed by atoms with Crippen molar-refractivity contribution in [3.05, 3.63) is 22.6 Å². The average Bonchev–Trinajstić information content (AvgIpc) is 2.28. The lowest BCUT2D eigenvalue weighted by Crippen LogP contribution is -2.24. The number of fused-ring (bicyclic) bond motifs is 1. The van der Waals surface area contributed by atoms with Crippen LogP contribution in [0.3, 0.4) is 0 Å². The van der Waals surface area contributed by atoms with Crippen molar-refractivity contribution in [1.29, 1.82) is 0 Å². The van der Waals surface area contributed by atoms with Gasteiger partial charge in [-0.3, -0.25) is 9.48 Å². The fraction of sp³-hybridized carbons (Fsp3) is 0.625. The molecule has 1 aliphatic rings. The van der Waals surface area contributed by atoms with Gasteiger partial charge < -0.3 is 4.90 Å². The van der Waals surface area contributed by atoms with Gasteiger partial charge in [0.05, 0.1) is 13.1 Å². The van der Waals surface area contributed by atoms with Crippen LogP contribution in [0.15, 0.2) is 17.1 Å². The van der Waals surface area contributed by atoms with Gasteiger partial charge in [-0.2, -0.15) is 0 Å². The molecule has 2 rings (SSSR count). The summed E-state index contributed by atoms with van der Waals surface area (Å²) in [6.07, 6.45) is 1.86. The van der Waals surface area contributed by atoms with E-state index in [2.05, 4.69) is 11.9 Å². The van der Waals surface area contributed by atoms with E-state index in [1.165, 1.54) is 0 Å². The Kier molecular flexibility index (Phi) is 1.77. The van der Waals surface area contributed by atoms with Gasteiger partial charge in [-0.05, 0) is 7.05 Å². The molecule has 0 saturated carbocycles. The quantitative estimate of drug-likeness (QED) is 0.526. The maximum absolute atomic E-state index is 11.2. The number of aromatic nitrogens is 2. The van der Waals surface area contributed by atoms with Crippen molar-refractivity contribution >= 4 is 0 Å². The Morgan fingerprint density at radius 2 is 2.00 bits per heavy atom. The van der Waals surface area contributed by atoms with E-state index >= 15 is 0 Å². The highest BCUT2D eigenvalue weighted by Gasteiger charge is 2.09. The van der Waals surface area contributed by atoms with Crippen LogP contribution in [0.4, 0.5) is 0 Å². The molecule has 0 amide bonds. The number of rotatable bonds is 0. The minimum Gasteiger partial charge on any atom is -0.303 e. The normalized spacial score (nSPS) is 18.8. The summed E-state index contributed by atoms with van der Waals surface area (Å²) in [5.41, 5.74) is 0.116. The number of nitrogens with zero attached hydrogens (tertiary/aromatic N) is 3. The second kappa shape index (κ2) is 2.79. The molecule has 0 atom stereocenters. The van der Waals surface area contributed by atoms with Crippen LogP contribution in [0, 0.1) is 0 Å². The number of hydrogen-bond donors (Lipinski definition) is 0. The smallest absolute Gasteiger partial charge is 0.266 e. The Balaban J connectivity index is 2.34. The van der Waals surface area contributed by atoms with Gasteiger partial charge in [-0.25, -0.2) is 4.68 Å². The monoisotopic (exact) mass is 167 g/mol. The minimum atomic E-state index is 0.116. The van der Waals surface area contributed by atoms with Crippen LogP contribution in [0.25, 0.3) is 0 Å². The molecule has 0 spiro atoms. The Hall–Kier alpha value is -1.03. The lowest BCUT2D eigenvalue weighted by Gasteiger charge is -2.10. The first-order valence-electron chi connectivity index (χ1n) is 4.22. The zero-order valence-electron chi connectivity index (χ0n) is 7.23. The van der Waals surface area contributed by atoms with Crippen LogP contribution in [-0.2, 0) is 13.1 Å². The third kappa shape index (κ3) is 1.18. The SMILES string of the molecule is CN1CCn2ccc(=O)n2CC1. The molecule has 0 aliphatic carbocycles. The zero-order valence-corrected chi connectivity index (χ0v) is 7.23. The molecule has 0 fully saturated rings. The van der Waals surface area contributed by atoms with Crippen molar-refractivity contribution in [3.63, 3.8) is 0 Å². The van der Waals surface area contributed by atoms with Crippen molar-refractivity contribution in [1.82, 2.24) is 14.3 Å². The Labute approximate surface area is 71.0 Å². The molecule has 66 valence electrons. The first kappa shape index (κ1) is 7.61. The molecule has 4 heteroatoms. The van der Waals surface area contributed by atoms with Gasteiger partial charge in [0, 0.05) is 25.4 Å². The maximum atomic E-state index is 11.2. The van der Waals surface area contributed by atoms with Crippen LogP contribution >= 0.6 is 0 Å². The molecule has 0 aromatic carbocycles. The Morgan fingerprint density at radius 1 is 1.25 bits per heavy atom. The Morgan fingerprint density at radius 3 is 2.83 bits per heavy atom. The lowest BCUT2D eigenvalue weighted by atomic mass is 10.5. The number of hydrogen-bond acceptors (Lipinski definition) is 2. The van der Waals surface area contributed by atoms with Crippen molar-refractivity contribution in [2.24, 2.45) is 0 Å². The van der Waals surface area contributed by atoms with Crippen molar-refractivity contribution in [2.75, 3.05) is 20.1 Å². The van der Waals surface area contributed by atoms with Crippen molar-refractivity contribution in [2.45, 2.75) is 13.1 Å². The van der Waals surface area contributed by atoms with Gasteiger partial charge in [0.15, 0.2) is 0 Å². The predicted molar refractivity (Wildman–Crippen MR) is 46.2 cm³/mol. The highest BCUT2D eigenvalue weighted by molar-refractivity contribution is 4.85. The molecule has 4 nitrogen and oxygen atoms in total. The standard InChI is InChI=1S/C8H13N3O/c1-9-4-6-10-3-2-8(12)11(10)7-5-9/h2-3H,4-7H2,1H3. The second-order valence-corrected chi connectivity index (χ2v) is 3.24. The fourth-order valence-electron chi connectivity index (χ4n) is 1.53. The lowest BCUT2D eigenvalue weighted by molar-refractivity contribution is 0.338. The molecule has 0 bridgehead atoms. The van der Waals surface area contributed by atoms with Crippen LogP contribution < -0.4 is 5.56 Å². The molecule has 0 unspecified atom stereocenters. The summed E-state index contributed by atoms with van der Waals surface area (Å²) in [6.45, 7) is 3.71. The molecular formula is C8H13N3O. The summed E-state index contributed by atoms with van der Waals surface area (Å²) in [7, 11) is 2.08. The van der Waals surface area contributed by atoms with E-state index in [1.54, 1.807) is 10.7 Å². The van der Waals surface area contributed by atoms with Gasteiger partial charge >= 0.3 is 0 Å². The summed E-state index contributed by atoms with van der Waals surface area (Å²) >= 11 is 0. The zero-order chi connectivity index (χ0) is 8.55. The molecule has 2 heterocycles. The average molecular weight is 167 g/mol. The largest absolute Gasteiger partial charge is 0.303 e. The summed E-state index contributed by atoms with van der Waals surface area (Å²) in [6, 6.07) is 1.63. The predicted octanol–water partition coefficient (Wildman–Crippen LogP) is -0.405. The van der Waals surface area contributed by atoms with Gasteiger partial charge in [-0.15, -0.1) is 0 Å². The van der Waals surface area contributed by atoms with Gasteiger partial charge in [0.1, 0.15) is 0 Å². The third-order valence-electron chi connectivity index (χ3n) is 2.36. The molecule has 0 radical (unpaired) electrons. The first-order chi connectivity index (χ1) is 5.77. The third-order valence-corrected chi connectivity index (χ3v) is 2.36. The summed E-state index contributed by atoms with van der Waals surface area (Å²) < 4.78 is 3.79. The second-order valence-electron chi connectivity index (χ2n) is 3.24. The van der Waals surface area contributed by atoms with Crippen molar-refractivity contribution < 1.29 is 0 Å². The first-order valence-corrected chi connectivity index (χ1v) is 4.22. The summed E-state index contributed by atoms with van der Waals surface area (Å²) in [4.78, 5) is 13.5. The van der Waals surface area contributed by atoms with Crippen molar-refractivity contribution in [3.8, 4) is 0 Å². The molecular weight excluding hydrogens is 154 g/mol. The molecule has 0 N–H and O–H groups in total. The number of likely N-dealkylation sites (N-methyl/N-ethyl adjacent to an activating group) is 1. The van der Waals surface area contributed by atoms with Gasteiger partial charge in [-0.1, -0.05) is 0 Å². The highest BCUT2D eigenvalue weighted by atomic mass is 16.1. The van der Waals surface area contributed by atoms with E-state index in [0.717, 1.165) is 26.2 Å². The molecule has 1 aromatic rings. The van der Waals surface area contributed by atoms with Crippen LogP contribution in [-0.4, -0.2) is 34.4 Å². The van der Waals surface area contributed by atoms with E-state index in [9.17, 15) is 4.79 Å². The van der Waals surface area contributed by atoms with E-state index in [0.29, 0.717) is 0 Å². The molecule has 12 heavy (non-hydrogen) atoms. The maximum Gasteiger partial charge on any atom is 0.266 e. The molecule has 0 saturated heterocycles. The molecule has 1 aliphatic heterocycles. The molecule has 1 aromatic heterocycles. The van der Waals surface area contributed by atoms with E-state index in [4.69, 9.17) is 0 Å². The Bertz CT molecular complexity index is 325. The fourth-order valence-corrected chi connectivity index (χ4v) is 1.53. The summed E-state index contributed by atoms with van der Waals surface area (Å²) in [5.74, 6) is 0. The van der Waals surface area contributed by atoms with Gasteiger partial charge in [0.25, 0.3) is 5.56 Å². The van der Waals surface area contributed by atoms with E-state index in [-0.39, 0.29) is 5.56 Å². The van der Waals surface area contributed by atoms with Gasteiger partial charge in [0.2, 0.25) is 0 Å². The topological polar surface area (TPSA) is 30.2 Å². The minimum absolute atomic E-state index is 0.116. The van der Waals surface area contributed by atoms with E-state index < -0.39 is 0 Å². The van der Waals surface area contributed by atoms with Crippen LogP contribution in [0.2, 0.25) is 0 Å². The van der Waals surface area contributed by atoms with E-state index in [1.807, 2.05) is 10.9 Å². The summed E-state index contributed by atoms with van der Waals surface area (Å²) in [5, 5.41) is 0.